The van der Waals surface area contributed by atoms with E-state index in [0.29, 0.717) is 48.9 Å². The largest absolute Gasteiger partial charge is 0.459 e. The smallest absolute Gasteiger partial charge is 0.289 e. The number of piperazine rings is 1. The van der Waals surface area contributed by atoms with Gasteiger partial charge in [0.15, 0.2) is 5.76 Å². The minimum absolute atomic E-state index is 0.106. The molecule has 1 fully saturated rings. The molecular weight excluding hydrogens is 373 g/mol. The van der Waals surface area contributed by atoms with Crippen LogP contribution in [0.5, 0.6) is 0 Å². The molecule has 2 aromatic heterocycles. The Labute approximate surface area is 168 Å². The van der Waals surface area contributed by atoms with Gasteiger partial charge in [0.25, 0.3) is 11.8 Å². The van der Waals surface area contributed by atoms with E-state index in [1.165, 1.54) is 12.3 Å². The Bertz CT molecular complexity index is 1050. The van der Waals surface area contributed by atoms with Crippen LogP contribution in [0.2, 0.25) is 0 Å². The molecule has 3 aromatic rings. The molecule has 0 N–H and O–H groups in total. The van der Waals surface area contributed by atoms with E-state index in [2.05, 4.69) is 0 Å². The molecule has 7 heteroatoms. The first-order valence-corrected chi connectivity index (χ1v) is 9.53. The van der Waals surface area contributed by atoms with E-state index in [4.69, 9.17) is 4.42 Å². The Morgan fingerprint density at radius 3 is 2.21 bits per heavy atom. The summed E-state index contributed by atoms with van der Waals surface area (Å²) in [6, 6.07) is 11.6. The van der Waals surface area contributed by atoms with E-state index < -0.39 is 0 Å². The van der Waals surface area contributed by atoms with Crippen LogP contribution in [0.3, 0.4) is 0 Å². The number of aryl methyl sites for hydroxylation is 1. The first kappa shape index (κ1) is 19.0. The summed E-state index contributed by atoms with van der Waals surface area (Å²) in [6.45, 7) is 5.44. The van der Waals surface area contributed by atoms with Crippen molar-refractivity contribution in [3.8, 4) is 5.69 Å². The van der Waals surface area contributed by atoms with E-state index in [1.807, 2.05) is 13.8 Å². The molecule has 1 aromatic carbocycles. The molecule has 0 bridgehead atoms. The van der Waals surface area contributed by atoms with Gasteiger partial charge in [-0.05, 0) is 44.2 Å². The molecule has 0 spiro atoms. The van der Waals surface area contributed by atoms with Crippen molar-refractivity contribution in [1.82, 2.24) is 14.4 Å². The molecule has 2 amide bonds. The number of para-hydroxylation sites is 1. The summed E-state index contributed by atoms with van der Waals surface area (Å²) in [5.41, 5.74) is 2.47. The fraction of sp³-hybridized carbons (Fsp3) is 0.273. The number of benzene rings is 1. The van der Waals surface area contributed by atoms with Crippen molar-refractivity contribution in [3.63, 3.8) is 0 Å². The quantitative estimate of drug-likeness (QED) is 0.683. The van der Waals surface area contributed by atoms with Gasteiger partial charge in [0.2, 0.25) is 0 Å². The van der Waals surface area contributed by atoms with Gasteiger partial charge in [0.1, 0.15) is 5.82 Å². The molecule has 4 rings (SSSR count). The number of hydrogen-bond acceptors (Lipinski definition) is 3. The summed E-state index contributed by atoms with van der Waals surface area (Å²) in [6.07, 6.45) is 1.47. The van der Waals surface area contributed by atoms with Crippen LogP contribution < -0.4 is 0 Å². The summed E-state index contributed by atoms with van der Waals surface area (Å²) in [5, 5.41) is 0. The first-order valence-electron chi connectivity index (χ1n) is 9.53. The minimum atomic E-state index is -0.335. The molecule has 0 unspecified atom stereocenters. The van der Waals surface area contributed by atoms with Crippen molar-refractivity contribution in [2.75, 3.05) is 26.2 Å². The van der Waals surface area contributed by atoms with Gasteiger partial charge >= 0.3 is 0 Å². The predicted octanol–water partition coefficient (Wildman–Crippen LogP) is 3.42. The molecule has 1 aliphatic heterocycles. The van der Waals surface area contributed by atoms with Gasteiger partial charge in [-0.15, -0.1) is 0 Å². The lowest BCUT2D eigenvalue weighted by molar-refractivity contribution is 0.0517. The maximum atomic E-state index is 14.3. The lowest BCUT2D eigenvalue weighted by Crippen LogP contribution is -2.50. The van der Waals surface area contributed by atoms with Crippen LogP contribution in [0.25, 0.3) is 5.69 Å². The Morgan fingerprint density at radius 1 is 0.931 bits per heavy atom. The average Bonchev–Trinajstić information content (AvgIpc) is 3.36. The monoisotopic (exact) mass is 395 g/mol. The molecule has 0 radical (unpaired) electrons. The fourth-order valence-corrected chi connectivity index (χ4v) is 3.82. The zero-order chi connectivity index (χ0) is 20.5. The summed E-state index contributed by atoms with van der Waals surface area (Å²) in [5.74, 6) is -0.304. The molecule has 0 aliphatic carbocycles. The summed E-state index contributed by atoms with van der Waals surface area (Å²) in [4.78, 5) is 28.9. The maximum Gasteiger partial charge on any atom is 0.289 e. The third-order valence-corrected chi connectivity index (χ3v) is 5.34. The van der Waals surface area contributed by atoms with Crippen LogP contribution in [-0.2, 0) is 0 Å². The van der Waals surface area contributed by atoms with Crippen LogP contribution in [0.1, 0.15) is 32.3 Å². The third kappa shape index (κ3) is 3.44. The molecule has 6 nitrogen and oxygen atoms in total. The van der Waals surface area contributed by atoms with Crippen LogP contribution in [0.4, 0.5) is 4.39 Å². The number of nitrogens with zero attached hydrogens (tertiary/aromatic N) is 3. The van der Waals surface area contributed by atoms with E-state index in [-0.39, 0.29) is 17.6 Å². The Balaban J connectivity index is 1.51. The zero-order valence-corrected chi connectivity index (χ0v) is 16.4. The Kier molecular flexibility index (Phi) is 4.96. The fourth-order valence-electron chi connectivity index (χ4n) is 3.82. The standard InChI is InChI=1S/C22H22FN3O3/c1-15-14-17(16(2)26(15)19-7-4-3-6-18(19)23)21(27)24-9-11-25(12-10-24)22(28)20-8-5-13-29-20/h3-8,13-14H,9-12H2,1-2H3. The lowest BCUT2D eigenvalue weighted by atomic mass is 10.2. The van der Waals surface area contributed by atoms with E-state index in [0.717, 1.165) is 5.69 Å². The summed E-state index contributed by atoms with van der Waals surface area (Å²) < 4.78 is 21.2. The zero-order valence-electron chi connectivity index (χ0n) is 16.4. The highest BCUT2D eigenvalue weighted by Gasteiger charge is 2.28. The van der Waals surface area contributed by atoms with Crippen molar-refractivity contribution >= 4 is 11.8 Å². The summed E-state index contributed by atoms with van der Waals surface area (Å²) in [7, 11) is 0. The molecule has 0 atom stereocenters. The molecule has 1 saturated heterocycles. The van der Waals surface area contributed by atoms with Gasteiger partial charge in [-0.2, -0.15) is 0 Å². The molecular formula is C22H22FN3O3. The second kappa shape index (κ2) is 7.58. The minimum Gasteiger partial charge on any atom is -0.459 e. The average molecular weight is 395 g/mol. The second-order valence-electron chi connectivity index (χ2n) is 7.13. The van der Waals surface area contributed by atoms with Crippen LogP contribution >= 0.6 is 0 Å². The molecule has 3 heterocycles. The van der Waals surface area contributed by atoms with Gasteiger partial charge in [-0.1, -0.05) is 12.1 Å². The number of hydrogen-bond donors (Lipinski definition) is 0. The Hall–Kier alpha value is -3.35. The van der Waals surface area contributed by atoms with Crippen molar-refractivity contribution < 1.29 is 18.4 Å². The van der Waals surface area contributed by atoms with Gasteiger partial charge in [0, 0.05) is 37.6 Å². The number of furan rings is 1. The highest BCUT2D eigenvalue weighted by atomic mass is 19.1. The third-order valence-electron chi connectivity index (χ3n) is 5.34. The van der Waals surface area contributed by atoms with Crippen molar-refractivity contribution in [2.24, 2.45) is 0 Å². The molecule has 150 valence electrons. The molecule has 0 saturated carbocycles. The second-order valence-corrected chi connectivity index (χ2v) is 7.13. The van der Waals surface area contributed by atoms with E-state index in [1.54, 1.807) is 50.8 Å². The highest BCUT2D eigenvalue weighted by molar-refractivity contribution is 5.96. The highest BCUT2D eigenvalue weighted by Crippen LogP contribution is 2.24. The summed E-state index contributed by atoms with van der Waals surface area (Å²) >= 11 is 0. The molecule has 1 aliphatic rings. The maximum absolute atomic E-state index is 14.3. The number of carbonyl (C=O) groups excluding carboxylic acids is 2. The number of amides is 2. The number of rotatable bonds is 3. The topological polar surface area (TPSA) is 58.7 Å². The van der Waals surface area contributed by atoms with Crippen LogP contribution in [0.15, 0.2) is 53.1 Å². The van der Waals surface area contributed by atoms with Crippen molar-refractivity contribution in [3.05, 3.63) is 77.3 Å². The Morgan fingerprint density at radius 2 is 1.59 bits per heavy atom. The number of aromatic nitrogens is 1. The van der Waals surface area contributed by atoms with Crippen molar-refractivity contribution in [1.29, 1.82) is 0 Å². The van der Waals surface area contributed by atoms with Gasteiger partial charge in [-0.3, -0.25) is 9.59 Å². The van der Waals surface area contributed by atoms with Gasteiger partial charge < -0.3 is 18.8 Å². The molecule has 29 heavy (non-hydrogen) atoms. The van der Waals surface area contributed by atoms with Crippen molar-refractivity contribution in [2.45, 2.75) is 13.8 Å². The van der Waals surface area contributed by atoms with Crippen LogP contribution in [-0.4, -0.2) is 52.4 Å². The van der Waals surface area contributed by atoms with E-state index >= 15 is 0 Å². The van der Waals surface area contributed by atoms with Crippen LogP contribution in [0, 0.1) is 19.7 Å². The predicted molar refractivity (Wildman–Crippen MR) is 106 cm³/mol. The number of halogens is 1. The number of carbonyl (C=O) groups is 2. The van der Waals surface area contributed by atoms with Gasteiger partial charge in [-0.25, -0.2) is 4.39 Å². The first-order chi connectivity index (χ1) is 14.0. The van der Waals surface area contributed by atoms with Gasteiger partial charge in [0.05, 0.1) is 17.5 Å². The normalized spacial score (nSPS) is 14.3. The SMILES string of the molecule is Cc1cc(C(=O)N2CCN(C(=O)c3ccco3)CC2)c(C)n1-c1ccccc1F. The van der Waals surface area contributed by atoms with E-state index in [9.17, 15) is 14.0 Å². The lowest BCUT2D eigenvalue weighted by Gasteiger charge is -2.34.